The van der Waals surface area contributed by atoms with Crippen LogP contribution in [0, 0.1) is 11.8 Å². The second-order valence-corrected chi connectivity index (χ2v) is 6.43. The molecule has 2 unspecified atom stereocenters. The van der Waals surface area contributed by atoms with Crippen molar-refractivity contribution in [2.45, 2.75) is 45.7 Å². The molecule has 0 radical (unpaired) electrons. The highest BCUT2D eigenvalue weighted by Crippen LogP contribution is 2.28. The number of carbonyl (C=O) groups is 1. The number of nitrogens with one attached hydrogen (secondary N) is 2. The molecule has 1 fully saturated rings. The van der Waals surface area contributed by atoms with Crippen LogP contribution in [0.1, 0.15) is 54.1 Å². The lowest BCUT2D eigenvalue weighted by Gasteiger charge is -2.26. The Morgan fingerprint density at radius 1 is 1.30 bits per heavy atom. The van der Waals surface area contributed by atoms with Gasteiger partial charge in [-0.15, -0.1) is 0 Å². The van der Waals surface area contributed by atoms with E-state index in [1.54, 1.807) is 0 Å². The van der Waals surface area contributed by atoms with E-state index < -0.39 is 0 Å². The molecule has 1 aliphatic carbocycles. The van der Waals surface area contributed by atoms with Crippen molar-refractivity contribution >= 4 is 5.91 Å². The summed E-state index contributed by atoms with van der Waals surface area (Å²) in [6.07, 6.45) is 5.18. The molecule has 1 aromatic rings. The molecular formula is C17H24N2O. The van der Waals surface area contributed by atoms with Crippen molar-refractivity contribution < 1.29 is 4.79 Å². The van der Waals surface area contributed by atoms with Gasteiger partial charge in [-0.25, -0.2) is 0 Å². The molecular weight excluding hydrogens is 248 g/mol. The minimum absolute atomic E-state index is 0.0814. The van der Waals surface area contributed by atoms with Crippen LogP contribution in [0.3, 0.4) is 0 Å². The fraction of sp³-hybridized carbons (Fsp3) is 0.588. The van der Waals surface area contributed by atoms with Crippen molar-refractivity contribution in [3.05, 3.63) is 34.9 Å². The van der Waals surface area contributed by atoms with Crippen molar-refractivity contribution in [1.82, 2.24) is 10.6 Å². The Bertz CT molecular complexity index is 498. The van der Waals surface area contributed by atoms with Gasteiger partial charge in [0.2, 0.25) is 0 Å². The van der Waals surface area contributed by atoms with Gasteiger partial charge in [0.25, 0.3) is 5.91 Å². The molecule has 2 N–H and O–H groups in total. The van der Waals surface area contributed by atoms with Gasteiger partial charge in [-0.05, 0) is 47.9 Å². The SMILES string of the molecule is CC1CCCC(CNC(=O)c2ccc3c(c2)CNC3)C1. The van der Waals surface area contributed by atoms with Crippen molar-refractivity contribution in [3.63, 3.8) is 0 Å². The van der Waals surface area contributed by atoms with Crippen molar-refractivity contribution in [1.29, 1.82) is 0 Å². The molecule has 1 amide bonds. The van der Waals surface area contributed by atoms with Crippen molar-refractivity contribution in [3.8, 4) is 0 Å². The normalized spacial score (nSPS) is 25.2. The Hall–Kier alpha value is -1.35. The zero-order chi connectivity index (χ0) is 13.9. The van der Waals surface area contributed by atoms with E-state index in [0.29, 0.717) is 5.92 Å². The van der Waals surface area contributed by atoms with E-state index in [1.807, 2.05) is 12.1 Å². The maximum absolute atomic E-state index is 12.2. The summed E-state index contributed by atoms with van der Waals surface area (Å²) in [6, 6.07) is 6.06. The van der Waals surface area contributed by atoms with Crippen molar-refractivity contribution in [2.75, 3.05) is 6.54 Å². The third-order valence-electron chi connectivity index (χ3n) is 4.70. The van der Waals surface area contributed by atoms with Crippen LogP contribution in [0.25, 0.3) is 0 Å². The van der Waals surface area contributed by atoms with Gasteiger partial charge in [-0.2, -0.15) is 0 Å². The lowest BCUT2D eigenvalue weighted by atomic mass is 9.82. The second-order valence-electron chi connectivity index (χ2n) is 6.43. The fourth-order valence-electron chi connectivity index (χ4n) is 3.52. The maximum Gasteiger partial charge on any atom is 0.251 e. The van der Waals surface area contributed by atoms with E-state index in [9.17, 15) is 4.79 Å². The molecule has 3 rings (SSSR count). The van der Waals surface area contributed by atoms with Crippen LogP contribution in [-0.4, -0.2) is 12.5 Å². The minimum Gasteiger partial charge on any atom is -0.352 e. The zero-order valence-corrected chi connectivity index (χ0v) is 12.2. The number of hydrogen-bond acceptors (Lipinski definition) is 2. The first-order valence-electron chi connectivity index (χ1n) is 7.83. The number of benzene rings is 1. The Kier molecular flexibility index (Phi) is 4.06. The molecule has 3 heteroatoms. The first-order valence-corrected chi connectivity index (χ1v) is 7.83. The third kappa shape index (κ3) is 3.04. The van der Waals surface area contributed by atoms with E-state index >= 15 is 0 Å². The highest BCUT2D eigenvalue weighted by molar-refractivity contribution is 5.94. The zero-order valence-electron chi connectivity index (χ0n) is 12.2. The van der Waals surface area contributed by atoms with Crippen molar-refractivity contribution in [2.24, 2.45) is 11.8 Å². The standard InChI is InChI=1S/C17H24N2O/c1-12-3-2-4-13(7-12)9-19-17(20)14-5-6-15-10-18-11-16(15)8-14/h5-6,8,12-13,18H,2-4,7,9-11H2,1H3,(H,19,20). The lowest BCUT2D eigenvalue weighted by molar-refractivity contribution is 0.0940. The Labute approximate surface area is 121 Å². The van der Waals surface area contributed by atoms with Gasteiger partial charge in [-0.1, -0.05) is 25.8 Å². The van der Waals surface area contributed by atoms with Gasteiger partial charge in [0, 0.05) is 25.2 Å². The van der Waals surface area contributed by atoms with Crippen LogP contribution >= 0.6 is 0 Å². The fourth-order valence-corrected chi connectivity index (χ4v) is 3.52. The lowest BCUT2D eigenvalue weighted by Crippen LogP contribution is -2.31. The van der Waals surface area contributed by atoms with Gasteiger partial charge in [-0.3, -0.25) is 4.79 Å². The quantitative estimate of drug-likeness (QED) is 0.888. The maximum atomic E-state index is 12.2. The Morgan fingerprint density at radius 2 is 2.15 bits per heavy atom. The summed E-state index contributed by atoms with van der Waals surface area (Å²) in [7, 11) is 0. The van der Waals surface area contributed by atoms with Crippen LogP contribution in [-0.2, 0) is 13.1 Å². The molecule has 1 aliphatic heterocycles. The number of carbonyl (C=O) groups excluding carboxylic acids is 1. The summed E-state index contributed by atoms with van der Waals surface area (Å²) >= 11 is 0. The molecule has 108 valence electrons. The monoisotopic (exact) mass is 272 g/mol. The molecule has 2 aliphatic rings. The van der Waals surface area contributed by atoms with E-state index in [4.69, 9.17) is 0 Å². The van der Waals surface area contributed by atoms with Gasteiger partial charge in [0.05, 0.1) is 0 Å². The third-order valence-corrected chi connectivity index (χ3v) is 4.70. The van der Waals surface area contributed by atoms with Crippen LogP contribution in [0.15, 0.2) is 18.2 Å². The molecule has 1 aromatic carbocycles. The average molecular weight is 272 g/mol. The molecule has 1 heterocycles. The summed E-state index contributed by atoms with van der Waals surface area (Å²) < 4.78 is 0. The highest BCUT2D eigenvalue weighted by Gasteiger charge is 2.20. The number of amides is 1. The van der Waals surface area contributed by atoms with E-state index in [1.165, 1.54) is 36.8 Å². The minimum atomic E-state index is 0.0814. The summed E-state index contributed by atoms with van der Waals surface area (Å²) in [5.74, 6) is 1.56. The summed E-state index contributed by atoms with van der Waals surface area (Å²) in [4.78, 5) is 12.2. The smallest absolute Gasteiger partial charge is 0.251 e. The molecule has 1 saturated carbocycles. The first-order chi connectivity index (χ1) is 9.72. The predicted octanol–water partition coefficient (Wildman–Crippen LogP) is 2.85. The van der Waals surface area contributed by atoms with Gasteiger partial charge in [0.15, 0.2) is 0 Å². The van der Waals surface area contributed by atoms with Gasteiger partial charge in [0.1, 0.15) is 0 Å². The molecule has 0 aromatic heterocycles. The number of fused-ring (bicyclic) bond motifs is 1. The molecule has 3 nitrogen and oxygen atoms in total. The molecule has 0 saturated heterocycles. The molecule has 20 heavy (non-hydrogen) atoms. The Morgan fingerprint density at radius 3 is 3.00 bits per heavy atom. The van der Waals surface area contributed by atoms with Crippen LogP contribution in [0.2, 0.25) is 0 Å². The largest absolute Gasteiger partial charge is 0.352 e. The molecule has 0 spiro atoms. The highest BCUT2D eigenvalue weighted by atomic mass is 16.1. The number of hydrogen-bond donors (Lipinski definition) is 2. The van der Waals surface area contributed by atoms with Crippen LogP contribution in [0.5, 0.6) is 0 Å². The van der Waals surface area contributed by atoms with Crippen LogP contribution in [0.4, 0.5) is 0 Å². The molecule has 0 bridgehead atoms. The topological polar surface area (TPSA) is 41.1 Å². The van der Waals surface area contributed by atoms with E-state index in [-0.39, 0.29) is 5.91 Å². The summed E-state index contributed by atoms with van der Waals surface area (Å²) in [6.45, 7) is 4.97. The van der Waals surface area contributed by atoms with Gasteiger partial charge >= 0.3 is 0 Å². The second kappa shape index (κ2) is 5.96. The average Bonchev–Trinajstić information content (AvgIpc) is 2.92. The number of rotatable bonds is 3. The van der Waals surface area contributed by atoms with E-state index in [2.05, 4.69) is 23.6 Å². The Balaban J connectivity index is 1.56. The summed E-state index contributed by atoms with van der Waals surface area (Å²) in [5.41, 5.74) is 3.39. The predicted molar refractivity (Wildman–Crippen MR) is 80.4 cm³/mol. The molecule has 2 atom stereocenters. The summed E-state index contributed by atoms with van der Waals surface area (Å²) in [5, 5.41) is 6.43. The first kappa shape index (κ1) is 13.6. The van der Waals surface area contributed by atoms with Crippen LogP contribution < -0.4 is 10.6 Å². The van der Waals surface area contributed by atoms with Gasteiger partial charge < -0.3 is 10.6 Å². The van der Waals surface area contributed by atoms with E-state index in [0.717, 1.165) is 31.1 Å².